The van der Waals surface area contributed by atoms with E-state index in [0.717, 1.165) is 17.7 Å². The van der Waals surface area contributed by atoms with Crippen molar-refractivity contribution in [3.63, 3.8) is 0 Å². The highest BCUT2D eigenvalue weighted by atomic mass is 16.5. The van der Waals surface area contributed by atoms with Crippen LogP contribution in [0, 0.1) is 5.92 Å². The topological polar surface area (TPSA) is 75.8 Å². The number of rotatable bonds is 9. The van der Waals surface area contributed by atoms with Crippen molar-refractivity contribution in [1.29, 1.82) is 0 Å². The Morgan fingerprint density at radius 1 is 1.43 bits per heavy atom. The van der Waals surface area contributed by atoms with Gasteiger partial charge in [0.05, 0.1) is 13.7 Å². The molecule has 1 aromatic carbocycles. The molecule has 118 valence electrons. The SMILES string of the molecule is COc1ccccc1CN(CCO)C(=O)CCC(C)CN. The first-order valence-corrected chi connectivity index (χ1v) is 7.33. The van der Waals surface area contributed by atoms with E-state index in [9.17, 15) is 4.79 Å². The summed E-state index contributed by atoms with van der Waals surface area (Å²) in [5.74, 6) is 1.12. The van der Waals surface area contributed by atoms with E-state index in [0.29, 0.717) is 32.0 Å². The van der Waals surface area contributed by atoms with Crippen LogP contribution in [0.2, 0.25) is 0 Å². The van der Waals surface area contributed by atoms with E-state index < -0.39 is 0 Å². The molecule has 3 N–H and O–H groups in total. The molecule has 0 bridgehead atoms. The first kappa shape index (κ1) is 17.5. The van der Waals surface area contributed by atoms with Crippen LogP contribution in [0.5, 0.6) is 5.75 Å². The number of benzene rings is 1. The van der Waals surface area contributed by atoms with Gasteiger partial charge in [-0.2, -0.15) is 0 Å². The standard InChI is InChI=1S/C16H26N2O3/c1-13(11-17)7-8-16(20)18(9-10-19)12-14-5-3-4-6-15(14)21-2/h3-6,13,19H,7-12,17H2,1-2H3. The van der Waals surface area contributed by atoms with Gasteiger partial charge in [0, 0.05) is 25.1 Å². The normalized spacial score (nSPS) is 12.0. The zero-order valence-electron chi connectivity index (χ0n) is 12.9. The molecule has 0 saturated carbocycles. The summed E-state index contributed by atoms with van der Waals surface area (Å²) in [5.41, 5.74) is 6.51. The number of aliphatic hydroxyl groups is 1. The lowest BCUT2D eigenvalue weighted by Crippen LogP contribution is -2.33. The van der Waals surface area contributed by atoms with E-state index in [2.05, 4.69) is 0 Å². The third-order valence-electron chi connectivity index (χ3n) is 3.53. The molecule has 1 amide bonds. The summed E-state index contributed by atoms with van der Waals surface area (Å²) in [6, 6.07) is 7.60. The number of carbonyl (C=O) groups is 1. The van der Waals surface area contributed by atoms with Crippen molar-refractivity contribution in [3.05, 3.63) is 29.8 Å². The highest BCUT2D eigenvalue weighted by Crippen LogP contribution is 2.20. The summed E-state index contributed by atoms with van der Waals surface area (Å²) in [7, 11) is 1.61. The number of ether oxygens (including phenoxy) is 1. The number of nitrogens with two attached hydrogens (primary N) is 1. The van der Waals surface area contributed by atoms with Gasteiger partial charge < -0.3 is 20.5 Å². The quantitative estimate of drug-likeness (QED) is 0.721. The summed E-state index contributed by atoms with van der Waals surface area (Å²) >= 11 is 0. The van der Waals surface area contributed by atoms with E-state index >= 15 is 0 Å². The third-order valence-corrected chi connectivity index (χ3v) is 3.53. The fourth-order valence-corrected chi connectivity index (χ4v) is 2.10. The number of nitrogens with zero attached hydrogens (tertiary/aromatic N) is 1. The van der Waals surface area contributed by atoms with Gasteiger partial charge in [-0.25, -0.2) is 0 Å². The Kier molecular flexibility index (Phi) is 7.79. The molecule has 0 fully saturated rings. The third kappa shape index (κ3) is 5.73. The van der Waals surface area contributed by atoms with E-state index in [1.165, 1.54) is 0 Å². The van der Waals surface area contributed by atoms with Crippen LogP contribution in [0.3, 0.4) is 0 Å². The Balaban J connectivity index is 2.70. The number of hydrogen-bond donors (Lipinski definition) is 2. The second kappa shape index (κ2) is 9.37. The Morgan fingerprint density at radius 2 is 2.14 bits per heavy atom. The van der Waals surface area contributed by atoms with Crippen LogP contribution in [0.1, 0.15) is 25.3 Å². The van der Waals surface area contributed by atoms with E-state index in [1.807, 2.05) is 31.2 Å². The average Bonchev–Trinajstić information content (AvgIpc) is 2.52. The van der Waals surface area contributed by atoms with Gasteiger partial charge >= 0.3 is 0 Å². The summed E-state index contributed by atoms with van der Waals surface area (Å²) < 4.78 is 5.30. The second-order valence-corrected chi connectivity index (χ2v) is 5.23. The van der Waals surface area contributed by atoms with Crippen LogP contribution in [-0.2, 0) is 11.3 Å². The molecule has 21 heavy (non-hydrogen) atoms. The maximum absolute atomic E-state index is 12.3. The molecule has 1 aromatic rings. The van der Waals surface area contributed by atoms with Gasteiger partial charge in [0.25, 0.3) is 0 Å². The Labute approximate surface area is 126 Å². The highest BCUT2D eigenvalue weighted by molar-refractivity contribution is 5.76. The van der Waals surface area contributed by atoms with Crippen LogP contribution >= 0.6 is 0 Å². The fourth-order valence-electron chi connectivity index (χ4n) is 2.10. The summed E-state index contributed by atoms with van der Waals surface area (Å²) in [6.07, 6.45) is 1.22. The molecule has 0 radical (unpaired) electrons. The number of amides is 1. The van der Waals surface area contributed by atoms with Gasteiger partial charge in [-0.05, 0) is 24.9 Å². The van der Waals surface area contributed by atoms with Crippen molar-refractivity contribution in [2.24, 2.45) is 11.7 Å². The van der Waals surface area contributed by atoms with Crippen LogP contribution in [0.25, 0.3) is 0 Å². The minimum Gasteiger partial charge on any atom is -0.496 e. The smallest absolute Gasteiger partial charge is 0.222 e. The number of carbonyl (C=O) groups excluding carboxylic acids is 1. The minimum absolute atomic E-state index is 0.0373. The molecular weight excluding hydrogens is 268 g/mol. The van der Waals surface area contributed by atoms with Crippen molar-refractivity contribution < 1.29 is 14.6 Å². The predicted octanol–water partition coefficient (Wildman–Crippen LogP) is 1.39. The summed E-state index contributed by atoms with van der Waals surface area (Å²) in [5, 5.41) is 9.17. The molecule has 0 heterocycles. The van der Waals surface area contributed by atoms with Gasteiger partial charge in [-0.1, -0.05) is 25.1 Å². The Bertz CT molecular complexity index is 437. The van der Waals surface area contributed by atoms with E-state index in [1.54, 1.807) is 12.0 Å². The van der Waals surface area contributed by atoms with Crippen LogP contribution in [0.4, 0.5) is 0 Å². The predicted molar refractivity (Wildman–Crippen MR) is 82.9 cm³/mol. The molecule has 0 spiro atoms. The monoisotopic (exact) mass is 294 g/mol. The molecule has 0 aromatic heterocycles. The first-order chi connectivity index (χ1) is 10.1. The molecule has 0 aliphatic heterocycles. The lowest BCUT2D eigenvalue weighted by Gasteiger charge is -2.23. The lowest BCUT2D eigenvalue weighted by atomic mass is 10.1. The van der Waals surface area contributed by atoms with Crippen LogP contribution in [-0.4, -0.2) is 42.7 Å². The number of hydrogen-bond acceptors (Lipinski definition) is 4. The molecule has 0 saturated heterocycles. The van der Waals surface area contributed by atoms with Crippen molar-refractivity contribution in [3.8, 4) is 5.75 Å². The zero-order chi connectivity index (χ0) is 15.7. The highest BCUT2D eigenvalue weighted by Gasteiger charge is 2.16. The van der Waals surface area contributed by atoms with Crippen molar-refractivity contribution in [2.45, 2.75) is 26.3 Å². The van der Waals surface area contributed by atoms with Gasteiger partial charge in [0.1, 0.15) is 5.75 Å². The number of methoxy groups -OCH3 is 1. The molecule has 0 aliphatic carbocycles. The zero-order valence-corrected chi connectivity index (χ0v) is 12.9. The first-order valence-electron chi connectivity index (χ1n) is 7.33. The largest absolute Gasteiger partial charge is 0.496 e. The van der Waals surface area contributed by atoms with Gasteiger partial charge in [0.2, 0.25) is 5.91 Å². The van der Waals surface area contributed by atoms with Crippen LogP contribution < -0.4 is 10.5 Å². The molecular formula is C16H26N2O3. The molecule has 5 nitrogen and oxygen atoms in total. The van der Waals surface area contributed by atoms with Gasteiger partial charge in [-0.15, -0.1) is 0 Å². The minimum atomic E-state index is -0.0483. The summed E-state index contributed by atoms with van der Waals surface area (Å²) in [6.45, 7) is 3.34. The summed E-state index contributed by atoms with van der Waals surface area (Å²) in [4.78, 5) is 14.0. The van der Waals surface area contributed by atoms with Crippen molar-refractivity contribution in [1.82, 2.24) is 4.90 Å². The molecule has 5 heteroatoms. The maximum Gasteiger partial charge on any atom is 0.222 e. The van der Waals surface area contributed by atoms with E-state index in [4.69, 9.17) is 15.6 Å². The van der Waals surface area contributed by atoms with Crippen molar-refractivity contribution >= 4 is 5.91 Å². The Morgan fingerprint density at radius 3 is 2.76 bits per heavy atom. The van der Waals surface area contributed by atoms with Gasteiger partial charge in [-0.3, -0.25) is 4.79 Å². The Hall–Kier alpha value is -1.59. The fraction of sp³-hybridized carbons (Fsp3) is 0.562. The van der Waals surface area contributed by atoms with E-state index in [-0.39, 0.29) is 12.5 Å². The molecule has 0 aliphatic rings. The molecule has 1 unspecified atom stereocenters. The molecule has 1 rings (SSSR count). The maximum atomic E-state index is 12.3. The number of aliphatic hydroxyl groups excluding tert-OH is 1. The number of para-hydroxylation sites is 1. The van der Waals surface area contributed by atoms with Crippen LogP contribution in [0.15, 0.2) is 24.3 Å². The lowest BCUT2D eigenvalue weighted by molar-refractivity contribution is -0.132. The average molecular weight is 294 g/mol. The molecule has 1 atom stereocenters. The van der Waals surface area contributed by atoms with Crippen molar-refractivity contribution in [2.75, 3.05) is 26.8 Å². The van der Waals surface area contributed by atoms with Gasteiger partial charge in [0.15, 0.2) is 0 Å². The second-order valence-electron chi connectivity index (χ2n) is 5.23.